The van der Waals surface area contributed by atoms with E-state index in [9.17, 15) is 4.79 Å². The van der Waals surface area contributed by atoms with Crippen LogP contribution in [0.1, 0.15) is 25.1 Å². The van der Waals surface area contributed by atoms with E-state index in [2.05, 4.69) is 9.97 Å². The predicted octanol–water partition coefficient (Wildman–Crippen LogP) is 1.45. The maximum atomic E-state index is 12.0. The third-order valence-corrected chi connectivity index (χ3v) is 2.89. The molecule has 0 spiro atoms. The zero-order valence-electron chi connectivity index (χ0n) is 9.65. The third-order valence-electron chi connectivity index (χ3n) is 2.89. The van der Waals surface area contributed by atoms with E-state index in [-0.39, 0.29) is 6.03 Å². The van der Waals surface area contributed by atoms with Gasteiger partial charge in [0.1, 0.15) is 5.82 Å². The fourth-order valence-corrected chi connectivity index (χ4v) is 2.00. The van der Waals surface area contributed by atoms with E-state index in [1.807, 2.05) is 11.9 Å². The Morgan fingerprint density at radius 1 is 1.50 bits per heavy atom. The number of urea groups is 1. The van der Waals surface area contributed by atoms with Crippen molar-refractivity contribution in [2.24, 2.45) is 0 Å². The van der Waals surface area contributed by atoms with Gasteiger partial charge in [-0.15, -0.1) is 0 Å². The average Bonchev–Trinajstić information content (AvgIpc) is 2.82. The maximum absolute atomic E-state index is 12.0. The fraction of sp³-hybridized carbons (Fsp3) is 0.636. The van der Waals surface area contributed by atoms with Gasteiger partial charge in [0.05, 0.1) is 6.54 Å². The molecule has 5 nitrogen and oxygen atoms in total. The molecule has 2 heterocycles. The lowest BCUT2D eigenvalue weighted by molar-refractivity contribution is 0.150. The number of amides is 2. The monoisotopic (exact) mass is 222 g/mol. The quantitative estimate of drug-likeness (QED) is 0.823. The standard InChI is InChI=1S/C11H18N4O/c1-14(9-10-12-5-6-13-10)11(16)15-7-3-2-4-8-15/h5-6H,2-4,7-9H2,1H3,(H,12,13). The molecular formula is C11H18N4O. The summed E-state index contributed by atoms with van der Waals surface area (Å²) in [7, 11) is 1.82. The summed E-state index contributed by atoms with van der Waals surface area (Å²) in [6, 6.07) is 0.108. The van der Waals surface area contributed by atoms with E-state index in [1.54, 1.807) is 17.3 Å². The number of aromatic amines is 1. The maximum Gasteiger partial charge on any atom is 0.320 e. The molecule has 1 aromatic heterocycles. The lowest BCUT2D eigenvalue weighted by atomic mass is 10.1. The molecular weight excluding hydrogens is 204 g/mol. The molecule has 0 atom stereocenters. The van der Waals surface area contributed by atoms with Gasteiger partial charge in [-0.05, 0) is 19.3 Å². The topological polar surface area (TPSA) is 52.2 Å². The molecule has 2 amide bonds. The molecule has 1 N–H and O–H groups in total. The van der Waals surface area contributed by atoms with Crippen LogP contribution in [0.3, 0.4) is 0 Å². The molecule has 1 aliphatic rings. The molecule has 1 fully saturated rings. The number of imidazole rings is 1. The Morgan fingerprint density at radius 2 is 2.25 bits per heavy atom. The van der Waals surface area contributed by atoms with Crippen LogP contribution >= 0.6 is 0 Å². The van der Waals surface area contributed by atoms with Crippen molar-refractivity contribution in [2.45, 2.75) is 25.8 Å². The molecule has 0 aliphatic carbocycles. The molecule has 0 bridgehead atoms. The van der Waals surface area contributed by atoms with Crippen LogP contribution in [-0.4, -0.2) is 45.9 Å². The second-order valence-electron chi connectivity index (χ2n) is 4.22. The number of piperidine rings is 1. The molecule has 2 rings (SSSR count). The van der Waals surface area contributed by atoms with E-state index in [0.717, 1.165) is 31.8 Å². The van der Waals surface area contributed by atoms with Crippen LogP contribution < -0.4 is 0 Å². The number of nitrogens with one attached hydrogen (secondary N) is 1. The van der Waals surface area contributed by atoms with E-state index in [0.29, 0.717) is 6.54 Å². The Bertz CT molecular complexity index is 330. The molecule has 88 valence electrons. The Kier molecular flexibility index (Phi) is 3.44. The smallest absolute Gasteiger partial charge is 0.320 e. The van der Waals surface area contributed by atoms with Crippen LogP contribution in [0.15, 0.2) is 12.4 Å². The second kappa shape index (κ2) is 5.01. The highest BCUT2D eigenvalue weighted by Crippen LogP contribution is 2.11. The van der Waals surface area contributed by atoms with Crippen molar-refractivity contribution in [3.63, 3.8) is 0 Å². The summed E-state index contributed by atoms with van der Waals surface area (Å²) in [6.07, 6.45) is 6.97. The van der Waals surface area contributed by atoms with Crippen molar-refractivity contribution in [3.8, 4) is 0 Å². The van der Waals surface area contributed by atoms with Gasteiger partial charge in [-0.2, -0.15) is 0 Å². The normalized spacial score (nSPS) is 16.2. The zero-order valence-corrected chi connectivity index (χ0v) is 9.65. The Labute approximate surface area is 95.5 Å². The number of likely N-dealkylation sites (tertiary alicyclic amines) is 1. The molecule has 5 heteroatoms. The van der Waals surface area contributed by atoms with E-state index in [4.69, 9.17) is 0 Å². The highest BCUT2D eigenvalue weighted by Gasteiger charge is 2.20. The Hall–Kier alpha value is -1.52. The van der Waals surface area contributed by atoms with Gasteiger partial charge in [0.15, 0.2) is 0 Å². The Morgan fingerprint density at radius 3 is 2.88 bits per heavy atom. The highest BCUT2D eigenvalue weighted by molar-refractivity contribution is 5.74. The summed E-state index contributed by atoms with van der Waals surface area (Å²) in [5, 5.41) is 0. The number of rotatable bonds is 2. The van der Waals surface area contributed by atoms with Gasteiger partial charge in [-0.25, -0.2) is 9.78 Å². The van der Waals surface area contributed by atoms with Gasteiger partial charge in [0.25, 0.3) is 0 Å². The number of carbonyl (C=O) groups excluding carboxylic acids is 1. The first-order chi connectivity index (χ1) is 7.77. The van der Waals surface area contributed by atoms with Crippen molar-refractivity contribution < 1.29 is 4.79 Å². The van der Waals surface area contributed by atoms with Crippen LogP contribution in [0, 0.1) is 0 Å². The van der Waals surface area contributed by atoms with Crippen molar-refractivity contribution in [3.05, 3.63) is 18.2 Å². The fourth-order valence-electron chi connectivity index (χ4n) is 2.00. The van der Waals surface area contributed by atoms with Crippen molar-refractivity contribution >= 4 is 6.03 Å². The molecule has 1 aromatic rings. The first-order valence-corrected chi connectivity index (χ1v) is 5.75. The van der Waals surface area contributed by atoms with Gasteiger partial charge >= 0.3 is 6.03 Å². The van der Waals surface area contributed by atoms with Gasteiger partial charge in [0, 0.05) is 32.5 Å². The summed E-state index contributed by atoms with van der Waals surface area (Å²) in [5.41, 5.74) is 0. The number of hydrogen-bond donors (Lipinski definition) is 1. The van der Waals surface area contributed by atoms with E-state index in [1.165, 1.54) is 6.42 Å². The minimum Gasteiger partial charge on any atom is -0.347 e. The summed E-state index contributed by atoms with van der Waals surface area (Å²) >= 11 is 0. The first kappa shape index (κ1) is 11.0. The van der Waals surface area contributed by atoms with Gasteiger partial charge < -0.3 is 14.8 Å². The number of H-pyrrole nitrogens is 1. The van der Waals surface area contributed by atoms with Crippen LogP contribution in [0.4, 0.5) is 4.79 Å². The second-order valence-corrected chi connectivity index (χ2v) is 4.22. The van der Waals surface area contributed by atoms with Crippen LogP contribution in [0.25, 0.3) is 0 Å². The average molecular weight is 222 g/mol. The number of aromatic nitrogens is 2. The van der Waals surface area contributed by atoms with E-state index >= 15 is 0 Å². The largest absolute Gasteiger partial charge is 0.347 e. The summed E-state index contributed by atoms with van der Waals surface area (Å²) < 4.78 is 0. The SMILES string of the molecule is CN(Cc1ncc[nH]1)C(=O)N1CCCCC1. The van der Waals surface area contributed by atoms with E-state index < -0.39 is 0 Å². The minimum absolute atomic E-state index is 0.108. The van der Waals surface area contributed by atoms with Crippen molar-refractivity contribution in [1.29, 1.82) is 0 Å². The lowest BCUT2D eigenvalue weighted by Gasteiger charge is -2.30. The van der Waals surface area contributed by atoms with Gasteiger partial charge in [-0.1, -0.05) is 0 Å². The molecule has 0 unspecified atom stereocenters. The number of nitrogens with zero attached hydrogens (tertiary/aromatic N) is 3. The van der Waals surface area contributed by atoms with Crippen LogP contribution in [0.5, 0.6) is 0 Å². The predicted molar refractivity (Wildman–Crippen MR) is 60.9 cm³/mol. The van der Waals surface area contributed by atoms with Crippen molar-refractivity contribution in [2.75, 3.05) is 20.1 Å². The molecule has 0 radical (unpaired) electrons. The zero-order chi connectivity index (χ0) is 11.4. The van der Waals surface area contributed by atoms with Crippen LogP contribution in [-0.2, 0) is 6.54 Å². The molecule has 0 saturated carbocycles. The summed E-state index contributed by atoms with van der Waals surface area (Å²) in [6.45, 7) is 2.32. The van der Waals surface area contributed by atoms with Gasteiger partial charge in [-0.3, -0.25) is 0 Å². The van der Waals surface area contributed by atoms with Gasteiger partial charge in [0.2, 0.25) is 0 Å². The van der Waals surface area contributed by atoms with Crippen LogP contribution in [0.2, 0.25) is 0 Å². The molecule has 1 saturated heterocycles. The van der Waals surface area contributed by atoms with Crippen molar-refractivity contribution in [1.82, 2.24) is 19.8 Å². The summed E-state index contributed by atoms with van der Waals surface area (Å²) in [4.78, 5) is 22.8. The number of carbonyl (C=O) groups is 1. The first-order valence-electron chi connectivity index (χ1n) is 5.75. The number of hydrogen-bond acceptors (Lipinski definition) is 2. The molecule has 16 heavy (non-hydrogen) atoms. The Balaban J connectivity index is 1.88. The highest BCUT2D eigenvalue weighted by atomic mass is 16.2. The third kappa shape index (κ3) is 2.53. The minimum atomic E-state index is 0.108. The lowest BCUT2D eigenvalue weighted by Crippen LogP contribution is -2.43. The molecule has 1 aliphatic heterocycles. The summed E-state index contributed by atoms with van der Waals surface area (Å²) in [5.74, 6) is 0.827. The molecule has 0 aromatic carbocycles.